The monoisotopic (exact) mass is 546 g/mol. The van der Waals surface area contributed by atoms with Crippen LogP contribution in [0.15, 0.2) is 46.0 Å². The number of anilines is 1. The second-order valence-electron chi connectivity index (χ2n) is 11.9. The molecule has 0 unspecified atom stereocenters. The molecular weight excluding hydrogens is 508 g/mol. The molecule has 4 aromatic rings. The number of morpholine rings is 1. The molecule has 39 heavy (non-hydrogen) atoms. The van der Waals surface area contributed by atoms with Gasteiger partial charge in [-0.2, -0.15) is 0 Å². The lowest BCUT2D eigenvalue weighted by Crippen LogP contribution is -2.45. The Bertz CT molecular complexity index is 1430. The number of nitrogens with two attached hydrogens (primary N) is 1. The summed E-state index contributed by atoms with van der Waals surface area (Å²) < 4.78 is 13.1. The van der Waals surface area contributed by atoms with Crippen LogP contribution in [0.3, 0.4) is 0 Å². The average molecular weight is 547 g/mol. The van der Waals surface area contributed by atoms with Crippen LogP contribution in [-0.2, 0) is 10.2 Å². The SMILES string of the molecule is CC(C)(C)c1cc(-c2ccc(-c3cn4c(/C=N\C[C@H]5CC[C@H](N6CCOCC6)CC5)c(N)sc4n3)cc2)no1. The molecule has 0 spiro atoms. The molecule has 206 valence electrons. The van der Waals surface area contributed by atoms with Crippen molar-refractivity contribution in [1.29, 1.82) is 0 Å². The van der Waals surface area contributed by atoms with E-state index in [1.54, 1.807) is 0 Å². The number of fused-ring (bicyclic) bond motifs is 1. The molecule has 1 aliphatic carbocycles. The van der Waals surface area contributed by atoms with E-state index in [0.717, 1.165) is 82.8 Å². The van der Waals surface area contributed by atoms with E-state index in [1.807, 2.05) is 12.3 Å². The second kappa shape index (κ2) is 10.9. The molecule has 0 amide bonds. The fourth-order valence-electron chi connectivity index (χ4n) is 5.64. The van der Waals surface area contributed by atoms with Crippen LogP contribution in [0.2, 0.25) is 0 Å². The molecule has 2 N–H and O–H groups in total. The van der Waals surface area contributed by atoms with Crippen LogP contribution in [0, 0.1) is 5.92 Å². The highest BCUT2D eigenvalue weighted by atomic mass is 32.1. The Hall–Kier alpha value is -3.01. The number of hydrogen-bond donors (Lipinski definition) is 1. The van der Waals surface area contributed by atoms with Gasteiger partial charge in [-0.25, -0.2) is 4.98 Å². The van der Waals surface area contributed by atoms with Crippen molar-refractivity contribution in [2.75, 3.05) is 38.6 Å². The number of nitrogens with zero attached hydrogens (tertiary/aromatic N) is 5. The number of hydrogen-bond acceptors (Lipinski definition) is 8. The first-order valence-electron chi connectivity index (χ1n) is 14.0. The predicted octanol–water partition coefficient (Wildman–Crippen LogP) is 5.91. The topological polar surface area (TPSA) is 94.2 Å². The van der Waals surface area contributed by atoms with Crippen LogP contribution in [0.5, 0.6) is 0 Å². The summed E-state index contributed by atoms with van der Waals surface area (Å²) in [6.45, 7) is 11.1. The van der Waals surface area contributed by atoms with Crippen LogP contribution < -0.4 is 5.73 Å². The van der Waals surface area contributed by atoms with E-state index in [-0.39, 0.29) is 5.41 Å². The van der Waals surface area contributed by atoms with Gasteiger partial charge in [0.1, 0.15) is 16.5 Å². The van der Waals surface area contributed by atoms with E-state index in [4.69, 9.17) is 25.0 Å². The van der Waals surface area contributed by atoms with E-state index in [9.17, 15) is 0 Å². The third-order valence-electron chi connectivity index (χ3n) is 8.07. The summed E-state index contributed by atoms with van der Waals surface area (Å²) in [6, 6.07) is 11.0. The minimum Gasteiger partial charge on any atom is -0.389 e. The van der Waals surface area contributed by atoms with Gasteiger partial charge in [0, 0.05) is 60.7 Å². The molecule has 2 fully saturated rings. The molecule has 3 aromatic heterocycles. The maximum absolute atomic E-state index is 6.36. The lowest BCUT2D eigenvalue weighted by atomic mass is 9.85. The fourth-order valence-corrected chi connectivity index (χ4v) is 6.49. The quantitative estimate of drug-likeness (QED) is 0.302. The molecule has 6 rings (SSSR count). The number of ether oxygens (including phenoxy) is 1. The predicted molar refractivity (Wildman–Crippen MR) is 158 cm³/mol. The van der Waals surface area contributed by atoms with Gasteiger partial charge in [-0.3, -0.25) is 14.3 Å². The molecule has 8 nitrogen and oxygen atoms in total. The molecule has 1 saturated heterocycles. The van der Waals surface area contributed by atoms with Gasteiger partial charge in [0.25, 0.3) is 0 Å². The molecule has 0 bridgehead atoms. The molecule has 2 aliphatic rings. The Kier molecular flexibility index (Phi) is 7.31. The van der Waals surface area contributed by atoms with E-state index >= 15 is 0 Å². The van der Waals surface area contributed by atoms with E-state index < -0.39 is 0 Å². The molecular formula is C30H38N6O2S. The minimum absolute atomic E-state index is 0.0707. The van der Waals surface area contributed by atoms with Crippen LogP contribution in [-0.4, -0.2) is 64.5 Å². The Labute approximate surface area is 233 Å². The zero-order chi connectivity index (χ0) is 27.0. The zero-order valence-electron chi connectivity index (χ0n) is 23.1. The molecule has 1 aromatic carbocycles. The maximum atomic E-state index is 6.36. The molecule has 9 heteroatoms. The van der Waals surface area contributed by atoms with Gasteiger partial charge in [0.05, 0.1) is 24.6 Å². The largest absolute Gasteiger partial charge is 0.389 e. The number of aliphatic imine (C=N–C) groups is 1. The number of imidazole rings is 1. The van der Waals surface area contributed by atoms with Crippen molar-refractivity contribution < 1.29 is 9.26 Å². The zero-order valence-corrected chi connectivity index (χ0v) is 23.9. The third kappa shape index (κ3) is 5.66. The van der Waals surface area contributed by atoms with Gasteiger partial charge < -0.3 is 15.0 Å². The molecule has 4 heterocycles. The standard InChI is InChI=1S/C30H38N6O2S/c1-30(2,3)27-16-24(34-38-27)21-6-8-22(9-7-21)25-19-36-26(28(31)39-29(36)33-25)18-32-17-20-4-10-23(11-5-20)35-12-14-37-15-13-35/h6-9,16,18-20,23H,4-5,10-15,17,31H2,1-3H3/b32-18-/t20-,23-. The van der Waals surface area contributed by atoms with Crippen molar-refractivity contribution in [3.8, 4) is 22.5 Å². The highest BCUT2D eigenvalue weighted by molar-refractivity contribution is 7.21. The summed E-state index contributed by atoms with van der Waals surface area (Å²) in [7, 11) is 0. The van der Waals surface area contributed by atoms with E-state index in [2.05, 4.69) is 65.7 Å². The van der Waals surface area contributed by atoms with Crippen molar-refractivity contribution in [3.05, 3.63) is 48.0 Å². The summed E-state index contributed by atoms with van der Waals surface area (Å²) in [6.07, 6.45) is 9.01. The van der Waals surface area contributed by atoms with Gasteiger partial charge in [-0.05, 0) is 31.6 Å². The van der Waals surface area contributed by atoms with E-state index in [1.165, 1.54) is 37.0 Å². The van der Waals surface area contributed by atoms with Crippen LogP contribution in [0.25, 0.3) is 27.5 Å². The summed E-state index contributed by atoms with van der Waals surface area (Å²) in [5.41, 5.74) is 11.0. The normalized spacial score (nSPS) is 21.3. The first-order valence-corrected chi connectivity index (χ1v) is 14.8. The first-order chi connectivity index (χ1) is 18.8. The van der Waals surface area contributed by atoms with Gasteiger partial charge in [0.2, 0.25) is 0 Å². The molecule has 0 radical (unpaired) electrons. The summed E-state index contributed by atoms with van der Waals surface area (Å²) in [4.78, 5) is 13.2. The summed E-state index contributed by atoms with van der Waals surface area (Å²) in [5.74, 6) is 1.53. The summed E-state index contributed by atoms with van der Waals surface area (Å²) >= 11 is 1.50. The summed E-state index contributed by atoms with van der Waals surface area (Å²) in [5, 5.41) is 5.01. The first kappa shape index (κ1) is 26.2. The van der Waals surface area contributed by atoms with E-state index in [0.29, 0.717) is 5.92 Å². The minimum atomic E-state index is -0.0707. The number of rotatable bonds is 6. The third-order valence-corrected chi connectivity index (χ3v) is 8.97. The lowest BCUT2D eigenvalue weighted by molar-refractivity contribution is 0.00528. The molecule has 1 saturated carbocycles. The van der Waals surface area contributed by atoms with Gasteiger partial charge >= 0.3 is 0 Å². The van der Waals surface area contributed by atoms with Gasteiger partial charge in [-0.15, -0.1) is 0 Å². The second-order valence-corrected chi connectivity index (χ2v) is 12.9. The number of aromatic nitrogens is 3. The molecule has 1 aliphatic heterocycles. The lowest BCUT2D eigenvalue weighted by Gasteiger charge is -2.38. The van der Waals surface area contributed by atoms with Gasteiger partial charge in [0.15, 0.2) is 4.96 Å². The highest BCUT2D eigenvalue weighted by Gasteiger charge is 2.27. The van der Waals surface area contributed by atoms with Gasteiger partial charge in [-0.1, -0.05) is 61.5 Å². The van der Waals surface area contributed by atoms with Crippen molar-refractivity contribution >= 4 is 27.5 Å². The average Bonchev–Trinajstić information content (AvgIpc) is 3.66. The van der Waals surface area contributed by atoms with Crippen molar-refractivity contribution in [3.63, 3.8) is 0 Å². The Morgan fingerprint density at radius 2 is 1.74 bits per heavy atom. The van der Waals surface area contributed by atoms with Crippen LogP contribution in [0.1, 0.15) is 57.9 Å². The Morgan fingerprint density at radius 1 is 1.05 bits per heavy atom. The van der Waals surface area contributed by atoms with Crippen LogP contribution in [0.4, 0.5) is 5.00 Å². The number of thiazole rings is 1. The Morgan fingerprint density at radius 3 is 2.41 bits per heavy atom. The maximum Gasteiger partial charge on any atom is 0.196 e. The number of benzene rings is 1. The fraction of sp³-hybridized carbons (Fsp3) is 0.500. The highest BCUT2D eigenvalue weighted by Crippen LogP contribution is 2.32. The molecule has 0 atom stereocenters. The van der Waals surface area contributed by atoms with Crippen molar-refractivity contribution in [2.24, 2.45) is 10.9 Å². The smallest absolute Gasteiger partial charge is 0.196 e. The van der Waals surface area contributed by atoms with Crippen molar-refractivity contribution in [1.82, 2.24) is 19.4 Å². The van der Waals surface area contributed by atoms with Crippen LogP contribution >= 0.6 is 11.3 Å². The Balaban J connectivity index is 1.10. The van der Waals surface area contributed by atoms with Crippen molar-refractivity contribution in [2.45, 2.75) is 57.9 Å². The number of nitrogen functional groups attached to an aromatic ring is 1.